The Labute approximate surface area is 117 Å². The molecule has 2 rings (SSSR count). The molecule has 0 fully saturated rings. The largest absolute Gasteiger partial charge is 0.409 e. The average Bonchev–Trinajstić information content (AvgIpc) is 2.52. The van der Waals surface area contributed by atoms with E-state index in [2.05, 4.69) is 15.1 Å². The molecule has 104 valence electrons. The van der Waals surface area contributed by atoms with Crippen molar-refractivity contribution in [3.8, 4) is 0 Å². The highest BCUT2D eigenvalue weighted by Crippen LogP contribution is 2.15. The van der Waals surface area contributed by atoms with Crippen molar-refractivity contribution in [2.45, 2.75) is 6.42 Å². The fourth-order valence-corrected chi connectivity index (χ4v) is 1.89. The Morgan fingerprint density at radius 3 is 2.75 bits per heavy atom. The van der Waals surface area contributed by atoms with E-state index in [9.17, 15) is 0 Å². The molecule has 2 aromatic heterocycles. The van der Waals surface area contributed by atoms with Gasteiger partial charge in [0, 0.05) is 38.1 Å². The van der Waals surface area contributed by atoms with Crippen LogP contribution in [0.25, 0.3) is 0 Å². The summed E-state index contributed by atoms with van der Waals surface area (Å²) in [7, 11) is 1.92. The van der Waals surface area contributed by atoms with Crippen LogP contribution in [0.5, 0.6) is 0 Å². The van der Waals surface area contributed by atoms with Gasteiger partial charge in [0.1, 0.15) is 5.82 Å². The molecule has 0 atom stereocenters. The van der Waals surface area contributed by atoms with E-state index < -0.39 is 0 Å². The Hall–Kier alpha value is -2.63. The number of rotatable bonds is 5. The lowest BCUT2D eigenvalue weighted by Gasteiger charge is -2.20. The number of pyridine rings is 2. The molecule has 0 saturated heterocycles. The highest BCUT2D eigenvalue weighted by Gasteiger charge is 2.12. The van der Waals surface area contributed by atoms with Gasteiger partial charge in [0.15, 0.2) is 5.84 Å². The number of nitrogens with two attached hydrogens (primary N) is 1. The van der Waals surface area contributed by atoms with E-state index in [1.54, 1.807) is 24.5 Å². The van der Waals surface area contributed by atoms with E-state index in [1.165, 1.54) is 0 Å². The lowest BCUT2D eigenvalue weighted by atomic mass is 10.2. The first-order chi connectivity index (χ1) is 9.72. The monoisotopic (exact) mass is 271 g/mol. The van der Waals surface area contributed by atoms with Crippen molar-refractivity contribution in [2.24, 2.45) is 10.9 Å². The van der Waals surface area contributed by atoms with E-state index >= 15 is 0 Å². The maximum absolute atomic E-state index is 8.81. The highest BCUT2D eigenvalue weighted by atomic mass is 16.4. The minimum Gasteiger partial charge on any atom is -0.409 e. The van der Waals surface area contributed by atoms with Gasteiger partial charge in [-0.05, 0) is 24.3 Å². The first-order valence-electron chi connectivity index (χ1n) is 6.26. The molecule has 0 bridgehead atoms. The SMILES string of the molecule is CN(CCc1ccccn1)c1ncccc1/C(N)=N/O. The molecular formula is C14H17N5O. The van der Waals surface area contributed by atoms with Gasteiger partial charge in [0.05, 0.1) is 5.56 Å². The second-order valence-electron chi connectivity index (χ2n) is 4.35. The molecule has 0 spiro atoms. The summed E-state index contributed by atoms with van der Waals surface area (Å²) < 4.78 is 0. The van der Waals surface area contributed by atoms with Crippen LogP contribution in [-0.4, -0.2) is 34.6 Å². The van der Waals surface area contributed by atoms with Gasteiger partial charge < -0.3 is 15.8 Å². The number of likely N-dealkylation sites (N-methyl/N-ethyl adjacent to an activating group) is 1. The van der Waals surface area contributed by atoms with Gasteiger partial charge in [-0.15, -0.1) is 0 Å². The summed E-state index contributed by atoms with van der Waals surface area (Å²) >= 11 is 0. The summed E-state index contributed by atoms with van der Waals surface area (Å²) in [5.74, 6) is 0.733. The molecule has 2 heterocycles. The summed E-state index contributed by atoms with van der Waals surface area (Å²) in [6.45, 7) is 0.736. The van der Waals surface area contributed by atoms with Gasteiger partial charge in [0.25, 0.3) is 0 Å². The maximum Gasteiger partial charge on any atom is 0.173 e. The van der Waals surface area contributed by atoms with Crippen molar-refractivity contribution >= 4 is 11.7 Å². The van der Waals surface area contributed by atoms with Gasteiger partial charge in [-0.1, -0.05) is 11.2 Å². The maximum atomic E-state index is 8.81. The average molecular weight is 271 g/mol. The third kappa shape index (κ3) is 3.23. The summed E-state index contributed by atoms with van der Waals surface area (Å²) in [4.78, 5) is 10.5. The molecule has 0 unspecified atom stereocenters. The molecule has 0 aromatic carbocycles. The van der Waals surface area contributed by atoms with Crippen LogP contribution in [0.2, 0.25) is 0 Å². The van der Waals surface area contributed by atoms with Crippen molar-refractivity contribution in [3.05, 3.63) is 54.0 Å². The van der Waals surface area contributed by atoms with Crippen molar-refractivity contribution in [3.63, 3.8) is 0 Å². The number of hydrogen-bond donors (Lipinski definition) is 2. The number of aromatic nitrogens is 2. The Morgan fingerprint density at radius 1 is 1.25 bits per heavy atom. The molecule has 20 heavy (non-hydrogen) atoms. The van der Waals surface area contributed by atoms with Crippen LogP contribution in [0.1, 0.15) is 11.3 Å². The zero-order chi connectivity index (χ0) is 14.4. The molecular weight excluding hydrogens is 254 g/mol. The van der Waals surface area contributed by atoms with Crippen molar-refractivity contribution in [2.75, 3.05) is 18.5 Å². The number of hydrogen-bond acceptors (Lipinski definition) is 5. The van der Waals surface area contributed by atoms with Gasteiger partial charge >= 0.3 is 0 Å². The highest BCUT2D eigenvalue weighted by molar-refractivity contribution is 6.01. The molecule has 3 N–H and O–H groups in total. The molecule has 2 aromatic rings. The number of nitrogens with zero attached hydrogens (tertiary/aromatic N) is 4. The second-order valence-corrected chi connectivity index (χ2v) is 4.35. The minimum absolute atomic E-state index is 0.0535. The predicted molar refractivity (Wildman–Crippen MR) is 78.0 cm³/mol. The van der Waals surface area contributed by atoms with Crippen LogP contribution in [0, 0.1) is 0 Å². The summed E-state index contributed by atoms with van der Waals surface area (Å²) in [5, 5.41) is 11.8. The van der Waals surface area contributed by atoms with E-state index in [-0.39, 0.29) is 5.84 Å². The predicted octanol–water partition coefficient (Wildman–Crippen LogP) is 1.25. The van der Waals surface area contributed by atoms with E-state index in [0.717, 1.165) is 18.7 Å². The number of amidine groups is 1. The third-order valence-corrected chi connectivity index (χ3v) is 2.96. The first kappa shape index (κ1) is 13.8. The molecule has 0 aliphatic rings. The Balaban J connectivity index is 2.11. The van der Waals surface area contributed by atoms with Crippen molar-refractivity contribution < 1.29 is 5.21 Å². The van der Waals surface area contributed by atoms with Crippen molar-refractivity contribution in [1.82, 2.24) is 9.97 Å². The van der Waals surface area contributed by atoms with Gasteiger partial charge in [-0.3, -0.25) is 4.98 Å². The molecule has 0 aliphatic carbocycles. The Morgan fingerprint density at radius 2 is 2.05 bits per heavy atom. The molecule has 6 nitrogen and oxygen atoms in total. The molecule has 6 heteroatoms. The smallest absolute Gasteiger partial charge is 0.173 e. The van der Waals surface area contributed by atoms with E-state index in [1.807, 2.05) is 30.1 Å². The van der Waals surface area contributed by atoms with Crippen LogP contribution < -0.4 is 10.6 Å². The van der Waals surface area contributed by atoms with Gasteiger partial charge in [-0.2, -0.15) is 0 Å². The van der Waals surface area contributed by atoms with E-state index in [4.69, 9.17) is 10.9 Å². The fraction of sp³-hybridized carbons (Fsp3) is 0.214. The zero-order valence-corrected chi connectivity index (χ0v) is 11.3. The quantitative estimate of drug-likeness (QED) is 0.370. The summed E-state index contributed by atoms with van der Waals surface area (Å²) in [6, 6.07) is 9.36. The fourth-order valence-electron chi connectivity index (χ4n) is 1.89. The molecule has 0 saturated carbocycles. The van der Waals surface area contributed by atoms with E-state index in [0.29, 0.717) is 11.4 Å². The van der Waals surface area contributed by atoms with Crippen LogP contribution in [0.4, 0.5) is 5.82 Å². The number of oxime groups is 1. The summed E-state index contributed by atoms with van der Waals surface area (Å²) in [5.41, 5.74) is 7.29. The standard InChI is InChI=1S/C14H17N5O/c1-19(10-7-11-5-2-3-8-16-11)14-12(13(15)18-20)6-4-9-17-14/h2-6,8-9,20H,7,10H2,1H3,(H2,15,18). The normalized spacial score (nSPS) is 11.3. The van der Waals surface area contributed by atoms with Crippen LogP contribution >= 0.6 is 0 Å². The van der Waals surface area contributed by atoms with Gasteiger partial charge in [0.2, 0.25) is 0 Å². The van der Waals surface area contributed by atoms with Crippen molar-refractivity contribution in [1.29, 1.82) is 0 Å². The lowest BCUT2D eigenvalue weighted by molar-refractivity contribution is 0.318. The van der Waals surface area contributed by atoms with Crippen LogP contribution in [0.3, 0.4) is 0 Å². The van der Waals surface area contributed by atoms with Crippen LogP contribution in [-0.2, 0) is 6.42 Å². The van der Waals surface area contributed by atoms with Gasteiger partial charge in [-0.25, -0.2) is 4.98 Å². The topological polar surface area (TPSA) is 87.6 Å². The Bertz CT molecular complexity index is 585. The Kier molecular flexibility index (Phi) is 4.49. The minimum atomic E-state index is 0.0535. The molecule has 0 radical (unpaired) electrons. The molecule has 0 aliphatic heterocycles. The first-order valence-corrected chi connectivity index (χ1v) is 6.26. The second kappa shape index (κ2) is 6.51. The van der Waals surface area contributed by atoms with Crippen LogP contribution in [0.15, 0.2) is 47.9 Å². The number of anilines is 1. The lowest BCUT2D eigenvalue weighted by Crippen LogP contribution is -2.26. The molecule has 0 amide bonds. The summed E-state index contributed by atoms with van der Waals surface area (Å²) in [6.07, 6.45) is 4.25. The third-order valence-electron chi connectivity index (χ3n) is 2.96. The zero-order valence-electron chi connectivity index (χ0n) is 11.3.